The van der Waals surface area contributed by atoms with Crippen molar-refractivity contribution in [2.24, 2.45) is 0 Å². The topological polar surface area (TPSA) is 38.3 Å². The van der Waals surface area contributed by atoms with E-state index in [-0.39, 0.29) is 29.5 Å². The van der Waals surface area contributed by atoms with E-state index in [0.717, 1.165) is 19.3 Å². The zero-order valence-corrected chi connectivity index (χ0v) is 13.7. The molecule has 2 aromatic carbocycles. The number of nitrogens with one attached hydrogen (secondary N) is 1. The van der Waals surface area contributed by atoms with E-state index in [0.29, 0.717) is 17.7 Å². The first-order valence-corrected chi connectivity index (χ1v) is 8.64. The fourth-order valence-corrected chi connectivity index (χ4v) is 3.21. The average molecular weight is 343 g/mol. The Hall–Kier alpha value is -2.43. The first-order valence-electron chi connectivity index (χ1n) is 8.64. The highest BCUT2D eigenvalue weighted by atomic mass is 19.1. The summed E-state index contributed by atoms with van der Waals surface area (Å²) in [6, 6.07) is 10.7. The smallest absolute Gasteiger partial charge is 0.255 e. The molecule has 0 aliphatic heterocycles. The van der Waals surface area contributed by atoms with Crippen molar-refractivity contribution in [2.45, 2.75) is 43.7 Å². The molecule has 2 unspecified atom stereocenters. The molecule has 2 atom stereocenters. The molecule has 2 aromatic rings. The highest BCUT2D eigenvalue weighted by Gasteiger charge is 2.43. The number of carbonyl (C=O) groups excluding carboxylic acids is 1. The van der Waals surface area contributed by atoms with E-state index in [4.69, 9.17) is 4.74 Å². The lowest BCUT2D eigenvalue weighted by Crippen LogP contribution is -2.29. The fourth-order valence-electron chi connectivity index (χ4n) is 3.21. The van der Waals surface area contributed by atoms with Crippen molar-refractivity contribution >= 4 is 5.91 Å². The zero-order valence-electron chi connectivity index (χ0n) is 13.7. The van der Waals surface area contributed by atoms with Gasteiger partial charge in [0.05, 0.1) is 11.7 Å². The Kier molecular flexibility index (Phi) is 4.15. The van der Waals surface area contributed by atoms with Crippen molar-refractivity contribution in [1.29, 1.82) is 0 Å². The SMILES string of the molecule is O=C(NC1CC1c1c(F)cccc1F)c1ccccc1OC1CCC1. The molecule has 25 heavy (non-hydrogen) atoms. The van der Waals surface area contributed by atoms with Crippen molar-refractivity contribution in [1.82, 2.24) is 5.32 Å². The fraction of sp³-hybridized carbons (Fsp3) is 0.350. The second-order valence-corrected chi connectivity index (χ2v) is 6.72. The molecule has 130 valence electrons. The van der Waals surface area contributed by atoms with Crippen LogP contribution in [0.4, 0.5) is 8.78 Å². The van der Waals surface area contributed by atoms with Crippen molar-refractivity contribution in [2.75, 3.05) is 0 Å². The monoisotopic (exact) mass is 343 g/mol. The van der Waals surface area contributed by atoms with Gasteiger partial charge in [0.2, 0.25) is 0 Å². The highest BCUT2D eigenvalue weighted by Crippen LogP contribution is 2.43. The van der Waals surface area contributed by atoms with Gasteiger partial charge in [-0.1, -0.05) is 18.2 Å². The number of para-hydroxylation sites is 1. The summed E-state index contributed by atoms with van der Waals surface area (Å²) in [5.41, 5.74) is 0.529. The van der Waals surface area contributed by atoms with E-state index in [1.54, 1.807) is 18.2 Å². The molecule has 5 heteroatoms. The molecular formula is C20H19F2NO2. The summed E-state index contributed by atoms with van der Waals surface area (Å²) in [4.78, 5) is 12.6. The lowest BCUT2D eigenvalue weighted by atomic mass is 9.96. The summed E-state index contributed by atoms with van der Waals surface area (Å²) in [7, 11) is 0. The van der Waals surface area contributed by atoms with Gasteiger partial charge in [-0.05, 0) is 49.9 Å². The summed E-state index contributed by atoms with van der Waals surface area (Å²) in [5.74, 6) is -1.13. The lowest BCUT2D eigenvalue weighted by molar-refractivity contribution is 0.0925. The van der Waals surface area contributed by atoms with Crippen LogP contribution in [0.15, 0.2) is 42.5 Å². The lowest BCUT2D eigenvalue weighted by Gasteiger charge is -2.27. The molecule has 1 N–H and O–H groups in total. The zero-order chi connectivity index (χ0) is 17.4. The van der Waals surface area contributed by atoms with E-state index in [1.165, 1.54) is 18.2 Å². The number of rotatable bonds is 5. The Balaban J connectivity index is 1.45. The molecule has 0 saturated heterocycles. The molecule has 2 aliphatic rings. The quantitative estimate of drug-likeness (QED) is 0.884. The Morgan fingerprint density at radius 3 is 2.44 bits per heavy atom. The maximum absolute atomic E-state index is 13.9. The highest BCUT2D eigenvalue weighted by molar-refractivity contribution is 5.97. The van der Waals surface area contributed by atoms with E-state index in [1.807, 2.05) is 6.07 Å². The van der Waals surface area contributed by atoms with Crippen LogP contribution in [0.3, 0.4) is 0 Å². The van der Waals surface area contributed by atoms with E-state index < -0.39 is 11.6 Å². The van der Waals surface area contributed by atoms with Gasteiger partial charge in [-0.25, -0.2) is 8.78 Å². The van der Waals surface area contributed by atoms with Crippen LogP contribution in [0.5, 0.6) is 5.75 Å². The van der Waals surface area contributed by atoms with Crippen molar-refractivity contribution in [3.8, 4) is 5.75 Å². The van der Waals surface area contributed by atoms with Crippen LogP contribution in [0.25, 0.3) is 0 Å². The molecule has 0 heterocycles. The molecule has 2 saturated carbocycles. The van der Waals surface area contributed by atoms with Crippen LogP contribution in [0.2, 0.25) is 0 Å². The van der Waals surface area contributed by atoms with Gasteiger partial charge >= 0.3 is 0 Å². The van der Waals surface area contributed by atoms with Crippen molar-refractivity contribution in [3.05, 3.63) is 65.2 Å². The number of carbonyl (C=O) groups is 1. The molecule has 0 bridgehead atoms. The third-order valence-corrected chi connectivity index (χ3v) is 4.95. The van der Waals surface area contributed by atoms with E-state index in [2.05, 4.69) is 5.32 Å². The number of ether oxygens (including phenoxy) is 1. The number of hydrogen-bond acceptors (Lipinski definition) is 2. The Morgan fingerprint density at radius 2 is 1.76 bits per heavy atom. The van der Waals surface area contributed by atoms with E-state index in [9.17, 15) is 13.6 Å². The third-order valence-electron chi connectivity index (χ3n) is 4.95. The van der Waals surface area contributed by atoms with Crippen LogP contribution < -0.4 is 10.1 Å². The van der Waals surface area contributed by atoms with E-state index >= 15 is 0 Å². The van der Waals surface area contributed by atoms with Gasteiger partial charge in [0.15, 0.2) is 0 Å². The number of amides is 1. The number of benzene rings is 2. The van der Waals surface area contributed by atoms with Crippen LogP contribution in [0.1, 0.15) is 47.5 Å². The van der Waals surface area contributed by atoms with Gasteiger partial charge in [-0.2, -0.15) is 0 Å². The minimum absolute atomic E-state index is 0.0619. The van der Waals surface area contributed by atoms with Gasteiger partial charge in [-0.3, -0.25) is 4.79 Å². The first kappa shape index (κ1) is 16.1. The summed E-state index contributed by atoms with van der Waals surface area (Å²) in [6.45, 7) is 0. The molecule has 2 aliphatic carbocycles. The predicted molar refractivity (Wildman–Crippen MR) is 89.7 cm³/mol. The largest absolute Gasteiger partial charge is 0.490 e. The minimum atomic E-state index is -0.560. The molecule has 3 nitrogen and oxygen atoms in total. The van der Waals surface area contributed by atoms with Crippen LogP contribution >= 0.6 is 0 Å². The summed E-state index contributed by atoms with van der Waals surface area (Å²) in [5, 5.41) is 2.87. The molecule has 4 rings (SSSR count). The Morgan fingerprint density at radius 1 is 1.04 bits per heavy atom. The molecule has 0 spiro atoms. The van der Waals surface area contributed by atoms with Gasteiger partial charge < -0.3 is 10.1 Å². The molecular weight excluding hydrogens is 324 g/mol. The predicted octanol–water partition coefficient (Wildman–Crippen LogP) is 4.18. The van der Waals surface area contributed by atoms with Crippen LogP contribution in [-0.4, -0.2) is 18.1 Å². The maximum atomic E-state index is 13.9. The molecule has 0 radical (unpaired) electrons. The van der Waals surface area contributed by atoms with Gasteiger partial charge in [0.25, 0.3) is 5.91 Å². The second-order valence-electron chi connectivity index (χ2n) is 6.72. The first-order chi connectivity index (χ1) is 12.1. The van der Waals surface area contributed by atoms with Crippen LogP contribution in [-0.2, 0) is 0 Å². The molecule has 1 amide bonds. The molecule has 0 aromatic heterocycles. The molecule has 2 fully saturated rings. The number of halogens is 2. The standard InChI is InChI=1S/C20H19F2NO2/c21-15-8-4-9-16(22)19(15)14-11-17(14)23-20(24)13-7-1-2-10-18(13)25-12-5-3-6-12/h1-2,4,7-10,12,14,17H,3,5-6,11H2,(H,23,24). The summed E-state index contributed by atoms with van der Waals surface area (Å²) in [6.07, 6.45) is 3.88. The maximum Gasteiger partial charge on any atom is 0.255 e. The number of hydrogen-bond donors (Lipinski definition) is 1. The average Bonchev–Trinajstić information content (AvgIpc) is 3.29. The minimum Gasteiger partial charge on any atom is -0.490 e. The summed E-state index contributed by atoms with van der Waals surface area (Å²) >= 11 is 0. The Labute approximate surface area is 145 Å². The third kappa shape index (κ3) is 3.23. The van der Waals surface area contributed by atoms with Crippen molar-refractivity contribution in [3.63, 3.8) is 0 Å². The van der Waals surface area contributed by atoms with Gasteiger partial charge in [-0.15, -0.1) is 0 Å². The van der Waals surface area contributed by atoms with Gasteiger partial charge in [0.1, 0.15) is 17.4 Å². The summed E-state index contributed by atoms with van der Waals surface area (Å²) < 4.78 is 33.6. The van der Waals surface area contributed by atoms with Crippen LogP contribution in [0, 0.1) is 11.6 Å². The van der Waals surface area contributed by atoms with Crippen molar-refractivity contribution < 1.29 is 18.3 Å². The van der Waals surface area contributed by atoms with Gasteiger partial charge in [0, 0.05) is 17.5 Å². The normalized spacial score (nSPS) is 22.2. The second kappa shape index (κ2) is 6.47. The Bertz CT molecular complexity index is 784.